The Labute approximate surface area is 157 Å². The normalized spacial score (nSPS) is 12.4. The number of aromatic amines is 1. The highest BCUT2D eigenvalue weighted by atomic mass is 16.5. The summed E-state index contributed by atoms with van der Waals surface area (Å²) in [7, 11) is 0. The highest BCUT2D eigenvalue weighted by Crippen LogP contribution is 2.25. The molecule has 0 aliphatic rings. The maximum Gasteiger partial charge on any atom is 0.136 e. The zero-order valence-corrected chi connectivity index (χ0v) is 15.4. The molecule has 1 unspecified atom stereocenters. The molecule has 0 spiro atoms. The van der Waals surface area contributed by atoms with Gasteiger partial charge in [0.1, 0.15) is 17.7 Å². The number of hydrogen-bond donors (Lipinski definition) is 2. The van der Waals surface area contributed by atoms with Gasteiger partial charge >= 0.3 is 0 Å². The molecule has 0 radical (unpaired) electrons. The highest BCUT2D eigenvalue weighted by Gasteiger charge is 2.17. The second-order valence-corrected chi connectivity index (χ2v) is 6.45. The average molecular weight is 362 g/mol. The van der Waals surface area contributed by atoms with Crippen LogP contribution in [0.1, 0.15) is 30.1 Å². The number of aliphatic hydroxyl groups is 1. The fourth-order valence-electron chi connectivity index (χ4n) is 3.20. The first-order valence-electron chi connectivity index (χ1n) is 9.04. The maximum absolute atomic E-state index is 10.7. The van der Waals surface area contributed by atoms with Crippen molar-refractivity contribution in [3.63, 3.8) is 0 Å². The van der Waals surface area contributed by atoms with Crippen molar-refractivity contribution in [1.29, 1.82) is 0 Å². The molecule has 6 nitrogen and oxygen atoms in total. The van der Waals surface area contributed by atoms with Gasteiger partial charge in [0.25, 0.3) is 0 Å². The number of pyridine rings is 1. The van der Waals surface area contributed by atoms with Crippen LogP contribution in [0.15, 0.2) is 55.0 Å². The van der Waals surface area contributed by atoms with Crippen molar-refractivity contribution in [2.75, 3.05) is 6.61 Å². The molecule has 0 saturated heterocycles. The van der Waals surface area contributed by atoms with E-state index in [1.165, 1.54) is 0 Å². The van der Waals surface area contributed by atoms with Crippen LogP contribution in [0.3, 0.4) is 0 Å². The average Bonchev–Trinajstić information content (AvgIpc) is 3.34. The number of H-pyrrole nitrogens is 1. The van der Waals surface area contributed by atoms with Crippen LogP contribution in [0.2, 0.25) is 0 Å². The summed E-state index contributed by atoms with van der Waals surface area (Å²) < 4.78 is 7.64. The van der Waals surface area contributed by atoms with Gasteiger partial charge in [0.2, 0.25) is 0 Å². The van der Waals surface area contributed by atoms with Gasteiger partial charge in [-0.2, -0.15) is 0 Å². The summed E-state index contributed by atoms with van der Waals surface area (Å²) in [4.78, 5) is 12.2. The molecule has 0 aliphatic heterocycles. The molecule has 4 rings (SSSR count). The van der Waals surface area contributed by atoms with E-state index in [1.54, 1.807) is 6.20 Å². The predicted octanol–water partition coefficient (Wildman–Crippen LogP) is 3.73. The molecule has 138 valence electrons. The number of ether oxygens (including phenoxy) is 1. The fourth-order valence-corrected chi connectivity index (χ4v) is 3.20. The molecule has 2 N–H and O–H groups in total. The van der Waals surface area contributed by atoms with E-state index in [2.05, 4.69) is 15.0 Å². The molecule has 0 bridgehead atoms. The van der Waals surface area contributed by atoms with Gasteiger partial charge in [-0.25, -0.2) is 4.98 Å². The van der Waals surface area contributed by atoms with Gasteiger partial charge in [-0.1, -0.05) is 0 Å². The number of aromatic nitrogens is 4. The molecule has 3 heterocycles. The van der Waals surface area contributed by atoms with Crippen molar-refractivity contribution in [3.8, 4) is 11.4 Å². The first-order valence-corrected chi connectivity index (χ1v) is 9.04. The SMILES string of the molecule is CCOc1ccnc(CC(O)c2nc3ccc(-n4cccc4)cc3[nH]2)c1C. The molecule has 0 amide bonds. The maximum atomic E-state index is 10.7. The van der Waals surface area contributed by atoms with Gasteiger partial charge in [-0.15, -0.1) is 0 Å². The van der Waals surface area contributed by atoms with Gasteiger partial charge in [0.15, 0.2) is 0 Å². The van der Waals surface area contributed by atoms with Crippen LogP contribution < -0.4 is 4.74 Å². The Hall–Kier alpha value is -3.12. The van der Waals surface area contributed by atoms with Crippen LogP contribution in [-0.4, -0.2) is 31.2 Å². The smallest absolute Gasteiger partial charge is 0.136 e. The molecule has 0 aliphatic carbocycles. The molecule has 1 aromatic carbocycles. The Bertz CT molecular complexity index is 1050. The van der Waals surface area contributed by atoms with Crippen LogP contribution in [-0.2, 0) is 6.42 Å². The monoisotopic (exact) mass is 362 g/mol. The molecular formula is C21H22N4O2. The summed E-state index contributed by atoms with van der Waals surface area (Å²) in [6.07, 6.45) is 5.30. The number of imidazole rings is 1. The van der Waals surface area contributed by atoms with Crippen molar-refractivity contribution >= 4 is 11.0 Å². The van der Waals surface area contributed by atoms with Crippen LogP contribution >= 0.6 is 0 Å². The van der Waals surface area contributed by atoms with E-state index >= 15 is 0 Å². The highest BCUT2D eigenvalue weighted by molar-refractivity contribution is 5.77. The number of aliphatic hydroxyl groups excluding tert-OH is 1. The number of nitrogens with zero attached hydrogens (tertiary/aromatic N) is 3. The summed E-state index contributed by atoms with van der Waals surface area (Å²) in [5.41, 5.74) is 4.51. The lowest BCUT2D eigenvalue weighted by Crippen LogP contribution is -2.08. The predicted molar refractivity (Wildman–Crippen MR) is 104 cm³/mol. The number of fused-ring (bicyclic) bond motifs is 1. The molecule has 0 saturated carbocycles. The van der Waals surface area contributed by atoms with Crippen LogP contribution in [0.25, 0.3) is 16.7 Å². The topological polar surface area (TPSA) is 76.0 Å². The Morgan fingerprint density at radius 2 is 2.04 bits per heavy atom. The Kier molecular flexibility index (Phi) is 4.64. The minimum absolute atomic E-state index is 0.372. The third-order valence-corrected chi connectivity index (χ3v) is 4.65. The van der Waals surface area contributed by atoms with Gasteiger partial charge in [-0.05, 0) is 50.2 Å². The van der Waals surface area contributed by atoms with Crippen molar-refractivity contribution in [1.82, 2.24) is 19.5 Å². The van der Waals surface area contributed by atoms with E-state index in [4.69, 9.17) is 4.74 Å². The molecule has 6 heteroatoms. The van der Waals surface area contributed by atoms with E-state index in [9.17, 15) is 5.11 Å². The molecule has 27 heavy (non-hydrogen) atoms. The zero-order chi connectivity index (χ0) is 18.8. The standard InChI is InChI=1S/C21H22N4O2/c1-3-27-20-8-9-22-17(14(20)2)13-19(26)21-23-16-7-6-15(12-18(16)24-21)25-10-4-5-11-25/h4-12,19,26H,3,13H2,1-2H3,(H,23,24). The second-order valence-electron chi connectivity index (χ2n) is 6.45. The summed E-state index contributed by atoms with van der Waals surface area (Å²) in [6, 6.07) is 11.8. The minimum atomic E-state index is -0.768. The van der Waals surface area contributed by atoms with E-state index in [0.29, 0.717) is 18.9 Å². The van der Waals surface area contributed by atoms with Gasteiger partial charge in [-0.3, -0.25) is 4.98 Å². The first-order chi connectivity index (χ1) is 13.2. The van der Waals surface area contributed by atoms with E-state index < -0.39 is 6.10 Å². The van der Waals surface area contributed by atoms with E-state index in [0.717, 1.165) is 33.7 Å². The summed E-state index contributed by atoms with van der Waals surface area (Å²) >= 11 is 0. The third-order valence-electron chi connectivity index (χ3n) is 4.65. The van der Waals surface area contributed by atoms with Crippen LogP contribution in [0.5, 0.6) is 5.75 Å². The molecular weight excluding hydrogens is 340 g/mol. The van der Waals surface area contributed by atoms with Crippen molar-refractivity contribution in [2.45, 2.75) is 26.4 Å². The zero-order valence-electron chi connectivity index (χ0n) is 15.4. The van der Waals surface area contributed by atoms with Gasteiger partial charge in [0, 0.05) is 42.0 Å². The lowest BCUT2D eigenvalue weighted by atomic mass is 10.1. The third kappa shape index (κ3) is 3.44. The first kappa shape index (κ1) is 17.3. The minimum Gasteiger partial charge on any atom is -0.493 e. The van der Waals surface area contributed by atoms with Crippen molar-refractivity contribution in [2.24, 2.45) is 0 Å². The van der Waals surface area contributed by atoms with Gasteiger partial charge < -0.3 is 19.4 Å². The number of rotatable bonds is 6. The molecule has 4 aromatic rings. The lowest BCUT2D eigenvalue weighted by molar-refractivity contribution is 0.168. The second kappa shape index (κ2) is 7.25. The Morgan fingerprint density at radius 3 is 2.81 bits per heavy atom. The summed E-state index contributed by atoms with van der Waals surface area (Å²) in [5.74, 6) is 1.34. The Morgan fingerprint density at radius 1 is 1.22 bits per heavy atom. The molecule has 1 atom stereocenters. The van der Waals surface area contributed by atoms with E-state index in [1.807, 2.05) is 67.2 Å². The molecule has 3 aromatic heterocycles. The number of benzene rings is 1. The summed E-state index contributed by atoms with van der Waals surface area (Å²) in [6.45, 7) is 4.51. The van der Waals surface area contributed by atoms with E-state index in [-0.39, 0.29) is 0 Å². The van der Waals surface area contributed by atoms with Crippen molar-refractivity contribution in [3.05, 3.63) is 72.1 Å². The Balaban J connectivity index is 1.60. The number of hydrogen-bond acceptors (Lipinski definition) is 4. The summed E-state index contributed by atoms with van der Waals surface area (Å²) in [5, 5.41) is 10.7. The molecule has 0 fully saturated rings. The number of nitrogens with one attached hydrogen (secondary N) is 1. The van der Waals surface area contributed by atoms with Crippen LogP contribution in [0.4, 0.5) is 0 Å². The largest absolute Gasteiger partial charge is 0.493 e. The van der Waals surface area contributed by atoms with Gasteiger partial charge in [0.05, 0.1) is 17.6 Å². The quantitative estimate of drug-likeness (QED) is 0.548. The van der Waals surface area contributed by atoms with Crippen LogP contribution in [0, 0.1) is 6.92 Å². The fraction of sp³-hybridized carbons (Fsp3) is 0.238. The van der Waals surface area contributed by atoms with Crippen molar-refractivity contribution < 1.29 is 9.84 Å². The lowest BCUT2D eigenvalue weighted by Gasteiger charge is -2.13.